The minimum Gasteiger partial charge on any atom is -0.465 e. The summed E-state index contributed by atoms with van der Waals surface area (Å²) in [6.45, 7) is 10.9. The molecular formula is C16H27NO5. The minimum absolute atomic E-state index is 0.0565. The Hall–Kier alpha value is -1.56. The molecule has 0 saturated heterocycles. The smallest absolute Gasteiger partial charge is 0.414 e. The molecule has 0 aromatic rings. The third-order valence-electron chi connectivity index (χ3n) is 3.05. The zero-order valence-corrected chi connectivity index (χ0v) is 14.3. The Kier molecular flexibility index (Phi) is 5.62. The Labute approximate surface area is 132 Å². The second-order valence-corrected chi connectivity index (χ2v) is 7.57. The topological polar surface area (TPSA) is 76.1 Å². The molecule has 1 rings (SSSR count). The summed E-state index contributed by atoms with van der Waals surface area (Å²) in [6.07, 6.45) is 1.76. The zero-order valence-electron chi connectivity index (χ0n) is 14.3. The molecule has 0 bridgehead atoms. The van der Waals surface area contributed by atoms with Crippen LogP contribution in [0.1, 0.15) is 41.5 Å². The molecule has 0 aliphatic carbocycles. The van der Waals surface area contributed by atoms with Gasteiger partial charge < -0.3 is 14.6 Å². The van der Waals surface area contributed by atoms with Crippen molar-refractivity contribution in [3.8, 4) is 0 Å². The maximum absolute atomic E-state index is 12.0. The molecule has 0 fully saturated rings. The number of hydrogen-bond donors (Lipinski definition) is 1. The van der Waals surface area contributed by atoms with Crippen LogP contribution in [0.25, 0.3) is 0 Å². The van der Waals surface area contributed by atoms with Crippen LogP contribution < -0.4 is 0 Å². The minimum atomic E-state index is -0.758. The van der Waals surface area contributed by atoms with E-state index in [9.17, 15) is 14.7 Å². The molecule has 22 heavy (non-hydrogen) atoms. The van der Waals surface area contributed by atoms with Crippen molar-refractivity contribution in [1.29, 1.82) is 0 Å². The number of aliphatic hydroxyl groups is 1. The van der Waals surface area contributed by atoms with Crippen molar-refractivity contribution in [2.75, 3.05) is 13.2 Å². The molecular weight excluding hydrogens is 286 g/mol. The highest BCUT2D eigenvalue weighted by Crippen LogP contribution is 2.21. The van der Waals surface area contributed by atoms with Gasteiger partial charge >= 0.3 is 12.1 Å². The molecule has 6 nitrogen and oxygen atoms in total. The van der Waals surface area contributed by atoms with Crippen molar-refractivity contribution in [2.24, 2.45) is 11.3 Å². The van der Waals surface area contributed by atoms with Gasteiger partial charge in [0.25, 0.3) is 0 Å². The van der Waals surface area contributed by atoms with Crippen molar-refractivity contribution < 1.29 is 24.2 Å². The lowest BCUT2D eigenvalue weighted by Crippen LogP contribution is -2.43. The SMILES string of the molecule is CC(C)(C)OC(=O)N1C=C[C@@H](O)[C@@H](COC(=O)C(C)(C)C)C1. The van der Waals surface area contributed by atoms with Crippen molar-refractivity contribution >= 4 is 12.1 Å². The number of carbonyl (C=O) groups is 2. The van der Waals surface area contributed by atoms with Gasteiger partial charge in [-0.1, -0.05) is 0 Å². The Morgan fingerprint density at radius 2 is 1.82 bits per heavy atom. The fourth-order valence-corrected chi connectivity index (χ4v) is 1.78. The van der Waals surface area contributed by atoms with Crippen LogP contribution in [0.5, 0.6) is 0 Å². The molecule has 0 saturated carbocycles. The lowest BCUT2D eigenvalue weighted by molar-refractivity contribution is -0.155. The molecule has 1 amide bonds. The summed E-state index contributed by atoms with van der Waals surface area (Å²) in [6, 6.07) is 0. The highest BCUT2D eigenvalue weighted by molar-refractivity contribution is 5.75. The van der Waals surface area contributed by atoms with Crippen LogP contribution in [0.3, 0.4) is 0 Å². The third-order valence-corrected chi connectivity index (χ3v) is 3.05. The number of carbonyl (C=O) groups excluding carboxylic acids is 2. The maximum Gasteiger partial charge on any atom is 0.414 e. The summed E-state index contributed by atoms with van der Waals surface area (Å²) >= 11 is 0. The zero-order chi connectivity index (χ0) is 17.1. The summed E-state index contributed by atoms with van der Waals surface area (Å²) in [5, 5.41) is 9.96. The van der Waals surface area contributed by atoms with Crippen molar-refractivity contribution in [1.82, 2.24) is 4.90 Å². The molecule has 6 heteroatoms. The molecule has 0 aromatic heterocycles. The van der Waals surface area contributed by atoms with Crippen LogP contribution in [0, 0.1) is 11.3 Å². The predicted molar refractivity (Wildman–Crippen MR) is 82.0 cm³/mol. The summed E-state index contributed by atoms with van der Waals surface area (Å²) < 4.78 is 10.5. The first kappa shape index (κ1) is 18.5. The number of aliphatic hydroxyl groups excluding tert-OH is 1. The van der Waals surface area contributed by atoms with Gasteiger partial charge in [0.1, 0.15) is 5.60 Å². The van der Waals surface area contributed by atoms with Gasteiger partial charge in [-0.25, -0.2) is 4.79 Å². The first-order chi connectivity index (χ1) is 9.90. The molecule has 1 aliphatic heterocycles. The van der Waals surface area contributed by atoms with Crippen LogP contribution in [-0.2, 0) is 14.3 Å². The summed E-state index contributed by atoms with van der Waals surface area (Å²) in [5.74, 6) is -0.707. The van der Waals surface area contributed by atoms with Gasteiger partial charge in [-0.3, -0.25) is 9.69 Å². The van der Waals surface area contributed by atoms with Gasteiger partial charge in [-0.2, -0.15) is 0 Å². The van der Waals surface area contributed by atoms with Gasteiger partial charge in [0.05, 0.1) is 18.1 Å². The number of rotatable bonds is 2. The number of esters is 1. The van der Waals surface area contributed by atoms with Crippen molar-refractivity contribution in [2.45, 2.75) is 53.2 Å². The van der Waals surface area contributed by atoms with E-state index in [2.05, 4.69) is 0 Å². The maximum atomic E-state index is 12.0. The Bertz CT molecular complexity index is 444. The monoisotopic (exact) mass is 313 g/mol. The summed E-state index contributed by atoms with van der Waals surface area (Å²) in [5.41, 5.74) is -1.19. The fraction of sp³-hybridized carbons (Fsp3) is 0.750. The van der Waals surface area contributed by atoms with E-state index in [1.807, 2.05) is 0 Å². The van der Waals surface area contributed by atoms with Gasteiger partial charge in [0, 0.05) is 18.7 Å². The van der Waals surface area contributed by atoms with Crippen LogP contribution in [0.2, 0.25) is 0 Å². The first-order valence-corrected chi connectivity index (χ1v) is 7.43. The lowest BCUT2D eigenvalue weighted by atomic mass is 9.96. The molecule has 0 spiro atoms. The molecule has 1 heterocycles. The summed E-state index contributed by atoms with van der Waals surface area (Å²) in [7, 11) is 0. The Balaban J connectivity index is 2.62. The second kappa shape index (κ2) is 6.69. The molecule has 0 radical (unpaired) electrons. The predicted octanol–water partition coefficient (Wildman–Crippen LogP) is 2.32. The average Bonchev–Trinajstić information content (AvgIpc) is 2.34. The summed E-state index contributed by atoms with van der Waals surface area (Å²) in [4.78, 5) is 25.2. The second-order valence-electron chi connectivity index (χ2n) is 7.57. The van der Waals surface area contributed by atoms with Crippen LogP contribution in [-0.4, -0.2) is 46.9 Å². The Morgan fingerprint density at radius 1 is 1.23 bits per heavy atom. The van der Waals surface area contributed by atoms with Gasteiger partial charge in [0.15, 0.2) is 0 Å². The Morgan fingerprint density at radius 3 is 2.32 bits per heavy atom. The standard InChI is InChI=1S/C16H27NO5/c1-15(2,3)13(19)21-10-11-9-17(8-7-12(11)18)14(20)22-16(4,5)6/h7-8,11-12,18H,9-10H2,1-6H3/t11-,12-/m1/s1. The molecule has 1 aliphatic rings. The molecule has 126 valence electrons. The van der Waals surface area contributed by atoms with Gasteiger partial charge in [-0.05, 0) is 47.6 Å². The van der Waals surface area contributed by atoms with E-state index in [0.717, 1.165) is 0 Å². The molecule has 1 N–H and O–H groups in total. The number of amides is 1. The van der Waals surface area contributed by atoms with E-state index < -0.39 is 23.2 Å². The van der Waals surface area contributed by atoms with Gasteiger partial charge in [0.2, 0.25) is 0 Å². The number of hydrogen-bond acceptors (Lipinski definition) is 5. The van der Waals surface area contributed by atoms with Crippen LogP contribution in [0.15, 0.2) is 12.3 Å². The lowest BCUT2D eigenvalue weighted by Gasteiger charge is -2.32. The highest BCUT2D eigenvalue weighted by atomic mass is 16.6. The normalized spacial score (nSPS) is 22.4. The van der Waals surface area contributed by atoms with Crippen LogP contribution in [0.4, 0.5) is 4.79 Å². The number of nitrogens with zero attached hydrogens (tertiary/aromatic N) is 1. The average molecular weight is 313 g/mol. The van der Waals surface area contributed by atoms with E-state index in [4.69, 9.17) is 9.47 Å². The largest absolute Gasteiger partial charge is 0.465 e. The first-order valence-electron chi connectivity index (χ1n) is 7.43. The fourth-order valence-electron chi connectivity index (χ4n) is 1.78. The van der Waals surface area contributed by atoms with Gasteiger partial charge in [-0.15, -0.1) is 0 Å². The quantitative estimate of drug-likeness (QED) is 0.792. The van der Waals surface area contributed by atoms with E-state index >= 15 is 0 Å². The van der Waals surface area contributed by atoms with Crippen molar-refractivity contribution in [3.63, 3.8) is 0 Å². The van der Waals surface area contributed by atoms with E-state index in [1.165, 1.54) is 17.2 Å². The van der Waals surface area contributed by atoms with Crippen molar-refractivity contribution in [3.05, 3.63) is 12.3 Å². The van der Waals surface area contributed by atoms with E-state index in [0.29, 0.717) is 0 Å². The number of ether oxygens (including phenoxy) is 2. The van der Waals surface area contributed by atoms with Crippen LogP contribution >= 0.6 is 0 Å². The molecule has 2 atom stereocenters. The highest BCUT2D eigenvalue weighted by Gasteiger charge is 2.31. The third kappa shape index (κ3) is 5.67. The molecule has 0 aromatic carbocycles. The van der Waals surface area contributed by atoms with E-state index in [-0.39, 0.29) is 25.0 Å². The van der Waals surface area contributed by atoms with E-state index in [1.54, 1.807) is 41.5 Å². The molecule has 0 unspecified atom stereocenters.